The second-order valence-corrected chi connectivity index (χ2v) is 10.3. The molecule has 2 aromatic rings. The summed E-state index contributed by atoms with van der Waals surface area (Å²) in [7, 11) is 0. The Morgan fingerprint density at radius 2 is 2.13 bits per heavy atom. The van der Waals surface area contributed by atoms with Gasteiger partial charge in [-0.05, 0) is 44.6 Å². The Bertz CT molecular complexity index is 914. The summed E-state index contributed by atoms with van der Waals surface area (Å²) in [6.45, 7) is 7.03. The summed E-state index contributed by atoms with van der Waals surface area (Å²) in [6, 6.07) is 4.00. The lowest BCUT2D eigenvalue weighted by atomic mass is 9.64. The van der Waals surface area contributed by atoms with Crippen LogP contribution >= 0.6 is 11.3 Å². The monoisotopic (exact) mass is 430 g/mol. The van der Waals surface area contributed by atoms with E-state index in [1.54, 1.807) is 11.3 Å². The van der Waals surface area contributed by atoms with E-state index in [4.69, 9.17) is 14.5 Å². The smallest absolute Gasteiger partial charge is 0.217 e. The number of anilines is 1. The van der Waals surface area contributed by atoms with Crippen LogP contribution in [0, 0.1) is 11.3 Å². The number of nitrogens with zero attached hydrogens (tertiary/aromatic N) is 3. The van der Waals surface area contributed by atoms with Gasteiger partial charge in [-0.25, -0.2) is 9.97 Å². The maximum Gasteiger partial charge on any atom is 0.217 e. The lowest BCUT2D eigenvalue weighted by molar-refractivity contribution is -0.120. The van der Waals surface area contributed by atoms with Gasteiger partial charge in [-0.3, -0.25) is 4.79 Å². The van der Waals surface area contributed by atoms with Crippen LogP contribution in [-0.4, -0.2) is 54.3 Å². The molecule has 0 bridgehead atoms. The molecule has 1 spiro atoms. The molecule has 3 heterocycles. The number of fused-ring (bicyclic) bond motifs is 1. The van der Waals surface area contributed by atoms with Gasteiger partial charge in [0.2, 0.25) is 11.8 Å². The third kappa shape index (κ3) is 4.12. The van der Waals surface area contributed by atoms with E-state index in [1.165, 1.54) is 26.2 Å². The minimum atomic E-state index is -0.0179. The fourth-order valence-electron chi connectivity index (χ4n) is 4.72. The van der Waals surface area contributed by atoms with Crippen LogP contribution in [0.25, 0.3) is 10.3 Å². The molecular formula is C22H30N4O3S. The number of carbonyl (C=O) groups excluding carboxylic acids is 1. The molecule has 1 aliphatic heterocycles. The lowest BCUT2D eigenvalue weighted by Crippen LogP contribution is -2.59. The van der Waals surface area contributed by atoms with Crippen LogP contribution in [0.1, 0.15) is 46.0 Å². The molecule has 3 fully saturated rings. The Hall–Kier alpha value is -1.93. The highest BCUT2D eigenvalue weighted by Crippen LogP contribution is 2.50. The van der Waals surface area contributed by atoms with Gasteiger partial charge >= 0.3 is 0 Å². The standard InChI is InChI=1S/C22H30N4O3S/c1-14(23-15(2)27)10-28-17-8-16(9-17)11-29-19-5-4-18-20(25-19)30-21(24-18)26-12-22(13-26)6-3-7-22/h4-5,14,16-17H,3,6-13H2,1-2H3,(H,23,27)/t14-,16-,17-/m0/s1. The SMILES string of the molecule is CC(=O)N[C@@H](C)CO[C@H]1C[C@H](COc2ccc3nc(N4CC5(CCC5)C4)sc3n2)C1. The summed E-state index contributed by atoms with van der Waals surface area (Å²) >= 11 is 1.67. The summed E-state index contributed by atoms with van der Waals surface area (Å²) < 4.78 is 11.8. The molecule has 0 aromatic carbocycles. The molecular weight excluding hydrogens is 400 g/mol. The lowest BCUT2D eigenvalue weighted by Gasteiger charge is -2.55. The Labute approximate surface area is 181 Å². The van der Waals surface area contributed by atoms with E-state index in [0.717, 1.165) is 41.4 Å². The molecule has 30 heavy (non-hydrogen) atoms. The molecule has 8 heteroatoms. The van der Waals surface area contributed by atoms with Crippen molar-refractivity contribution in [1.82, 2.24) is 15.3 Å². The Morgan fingerprint density at radius 3 is 2.83 bits per heavy atom. The predicted molar refractivity (Wildman–Crippen MR) is 117 cm³/mol. The summed E-state index contributed by atoms with van der Waals surface area (Å²) in [6.07, 6.45) is 6.41. The number of hydrogen-bond donors (Lipinski definition) is 1. The van der Waals surface area contributed by atoms with E-state index in [9.17, 15) is 4.79 Å². The first-order chi connectivity index (χ1) is 14.5. The second kappa shape index (κ2) is 7.96. The normalized spacial score (nSPS) is 25.3. The van der Waals surface area contributed by atoms with E-state index in [2.05, 4.69) is 15.2 Å². The summed E-state index contributed by atoms with van der Waals surface area (Å²) in [5.41, 5.74) is 1.56. The Kier molecular flexibility index (Phi) is 5.31. The van der Waals surface area contributed by atoms with Crippen LogP contribution in [-0.2, 0) is 9.53 Å². The summed E-state index contributed by atoms with van der Waals surface area (Å²) in [4.78, 5) is 23.8. The van der Waals surface area contributed by atoms with Crippen molar-refractivity contribution in [3.8, 4) is 5.88 Å². The van der Waals surface area contributed by atoms with E-state index < -0.39 is 0 Å². The van der Waals surface area contributed by atoms with E-state index >= 15 is 0 Å². The number of hydrogen-bond acceptors (Lipinski definition) is 7. The average Bonchev–Trinajstić information content (AvgIpc) is 2.99. The second-order valence-electron chi connectivity index (χ2n) is 9.39. The highest BCUT2D eigenvalue weighted by Gasteiger charge is 2.48. The summed E-state index contributed by atoms with van der Waals surface area (Å²) in [5.74, 6) is 1.16. The highest BCUT2D eigenvalue weighted by molar-refractivity contribution is 7.21. The van der Waals surface area contributed by atoms with Crippen molar-refractivity contribution in [2.24, 2.45) is 11.3 Å². The topological polar surface area (TPSA) is 76.6 Å². The minimum Gasteiger partial charge on any atom is -0.477 e. The summed E-state index contributed by atoms with van der Waals surface area (Å²) in [5, 5.41) is 3.94. The van der Waals surface area contributed by atoms with Crippen LogP contribution in [0.2, 0.25) is 0 Å². The van der Waals surface area contributed by atoms with E-state index in [-0.39, 0.29) is 18.1 Å². The molecule has 2 aliphatic carbocycles. The van der Waals surface area contributed by atoms with Crippen LogP contribution in [0.3, 0.4) is 0 Å². The van der Waals surface area contributed by atoms with Crippen molar-refractivity contribution < 1.29 is 14.3 Å². The number of carbonyl (C=O) groups is 1. The van der Waals surface area contributed by atoms with Crippen molar-refractivity contribution in [3.63, 3.8) is 0 Å². The molecule has 2 saturated carbocycles. The molecule has 1 amide bonds. The maximum absolute atomic E-state index is 11.0. The van der Waals surface area contributed by atoms with Crippen molar-refractivity contribution >= 4 is 32.7 Å². The van der Waals surface area contributed by atoms with Gasteiger partial charge < -0.3 is 19.7 Å². The minimum absolute atomic E-state index is 0.0179. The van der Waals surface area contributed by atoms with Crippen molar-refractivity contribution in [1.29, 1.82) is 0 Å². The quantitative estimate of drug-likeness (QED) is 0.692. The largest absolute Gasteiger partial charge is 0.477 e. The number of ether oxygens (including phenoxy) is 2. The zero-order chi connectivity index (χ0) is 20.7. The number of aromatic nitrogens is 2. The third-order valence-electron chi connectivity index (χ3n) is 6.65. The first-order valence-electron chi connectivity index (χ1n) is 11.0. The molecule has 0 radical (unpaired) electrons. The first-order valence-corrected chi connectivity index (χ1v) is 11.8. The van der Waals surface area contributed by atoms with Gasteiger partial charge in [-0.1, -0.05) is 17.8 Å². The molecule has 1 atom stereocenters. The maximum atomic E-state index is 11.0. The molecule has 7 nitrogen and oxygen atoms in total. The van der Waals surface area contributed by atoms with Gasteiger partial charge in [0.15, 0.2) is 5.13 Å². The van der Waals surface area contributed by atoms with Crippen molar-refractivity contribution in [2.45, 2.75) is 58.1 Å². The number of thiazole rings is 1. The number of pyridine rings is 1. The Morgan fingerprint density at radius 1 is 1.33 bits per heavy atom. The van der Waals surface area contributed by atoms with Crippen LogP contribution in [0.15, 0.2) is 12.1 Å². The fraction of sp³-hybridized carbons (Fsp3) is 0.682. The molecule has 162 valence electrons. The number of rotatable bonds is 8. The Balaban J connectivity index is 1.06. The molecule has 1 saturated heterocycles. The van der Waals surface area contributed by atoms with Crippen LogP contribution in [0.4, 0.5) is 5.13 Å². The van der Waals surface area contributed by atoms with Gasteiger partial charge in [0, 0.05) is 37.5 Å². The average molecular weight is 431 g/mol. The third-order valence-corrected chi connectivity index (χ3v) is 7.67. The van der Waals surface area contributed by atoms with Crippen LogP contribution < -0.4 is 15.0 Å². The highest BCUT2D eigenvalue weighted by atomic mass is 32.1. The number of nitrogens with one attached hydrogen (secondary N) is 1. The van der Waals surface area contributed by atoms with E-state index in [0.29, 0.717) is 30.4 Å². The molecule has 2 aromatic heterocycles. The zero-order valence-electron chi connectivity index (χ0n) is 17.7. The van der Waals surface area contributed by atoms with Crippen LogP contribution in [0.5, 0.6) is 5.88 Å². The predicted octanol–water partition coefficient (Wildman–Crippen LogP) is 3.38. The van der Waals surface area contributed by atoms with Gasteiger partial charge in [0.05, 0.1) is 19.3 Å². The van der Waals surface area contributed by atoms with Crippen molar-refractivity contribution in [3.05, 3.63) is 12.1 Å². The van der Waals surface area contributed by atoms with Crippen molar-refractivity contribution in [2.75, 3.05) is 31.2 Å². The molecule has 1 N–H and O–H groups in total. The fourth-order valence-corrected chi connectivity index (χ4v) is 5.64. The van der Waals surface area contributed by atoms with Gasteiger partial charge in [-0.2, -0.15) is 0 Å². The number of amides is 1. The molecule has 5 rings (SSSR count). The molecule has 0 unspecified atom stereocenters. The zero-order valence-corrected chi connectivity index (χ0v) is 18.5. The molecule has 3 aliphatic rings. The van der Waals surface area contributed by atoms with Gasteiger partial charge in [-0.15, -0.1) is 0 Å². The van der Waals surface area contributed by atoms with Gasteiger partial charge in [0.25, 0.3) is 0 Å². The van der Waals surface area contributed by atoms with Gasteiger partial charge in [0.1, 0.15) is 10.3 Å². The first kappa shape index (κ1) is 20.0. The van der Waals surface area contributed by atoms with E-state index in [1.807, 2.05) is 19.1 Å².